The van der Waals surface area contributed by atoms with Gasteiger partial charge in [-0.2, -0.15) is 0 Å². The number of fused-ring (bicyclic) bond motifs is 3. The van der Waals surface area contributed by atoms with Gasteiger partial charge in [-0.25, -0.2) is 4.79 Å². The molecule has 23 heavy (non-hydrogen) atoms. The molecular formula is C15H20N4O3S. The molecular weight excluding hydrogens is 316 g/mol. The highest BCUT2D eigenvalue weighted by Gasteiger charge is 2.23. The van der Waals surface area contributed by atoms with Crippen LogP contribution in [0.25, 0.3) is 10.2 Å². The second-order valence-electron chi connectivity index (χ2n) is 5.76. The van der Waals surface area contributed by atoms with Crippen LogP contribution in [-0.2, 0) is 31.2 Å². The van der Waals surface area contributed by atoms with Crippen molar-refractivity contribution < 1.29 is 4.79 Å². The van der Waals surface area contributed by atoms with Gasteiger partial charge in [0.05, 0.1) is 5.39 Å². The quantitative estimate of drug-likeness (QED) is 0.802. The zero-order valence-corrected chi connectivity index (χ0v) is 13.9. The first-order chi connectivity index (χ1) is 11.0. The average Bonchev–Trinajstić information content (AvgIpc) is 2.94. The Kier molecular flexibility index (Phi) is 4.36. The summed E-state index contributed by atoms with van der Waals surface area (Å²) < 4.78 is 2.51. The summed E-state index contributed by atoms with van der Waals surface area (Å²) in [5, 5.41) is 3.20. The lowest BCUT2D eigenvalue weighted by atomic mass is 9.97. The molecule has 7 nitrogen and oxygen atoms in total. The topological polar surface area (TPSA) is 99.1 Å². The lowest BCUT2D eigenvalue weighted by Gasteiger charge is -2.11. The minimum atomic E-state index is -0.455. The van der Waals surface area contributed by atoms with Crippen molar-refractivity contribution in [1.29, 1.82) is 0 Å². The van der Waals surface area contributed by atoms with E-state index in [2.05, 4.69) is 5.32 Å². The zero-order valence-electron chi connectivity index (χ0n) is 13.1. The van der Waals surface area contributed by atoms with Gasteiger partial charge in [-0.3, -0.25) is 18.7 Å². The fourth-order valence-corrected chi connectivity index (χ4v) is 4.38. The van der Waals surface area contributed by atoms with Gasteiger partial charge in [-0.05, 0) is 31.2 Å². The third-order valence-corrected chi connectivity index (χ3v) is 5.57. The summed E-state index contributed by atoms with van der Waals surface area (Å²) >= 11 is 1.53. The molecule has 0 radical (unpaired) electrons. The van der Waals surface area contributed by atoms with Gasteiger partial charge >= 0.3 is 5.69 Å². The van der Waals surface area contributed by atoms with E-state index in [9.17, 15) is 14.4 Å². The summed E-state index contributed by atoms with van der Waals surface area (Å²) in [5.41, 5.74) is 5.60. The maximum Gasteiger partial charge on any atom is 0.332 e. The molecule has 3 N–H and O–H groups in total. The molecule has 1 amide bonds. The smallest absolute Gasteiger partial charge is 0.332 e. The molecule has 2 aromatic heterocycles. The largest absolute Gasteiger partial charge is 0.353 e. The van der Waals surface area contributed by atoms with Crippen molar-refractivity contribution in [2.75, 3.05) is 13.1 Å². The summed E-state index contributed by atoms with van der Waals surface area (Å²) in [7, 11) is 1.65. The first-order valence-electron chi connectivity index (χ1n) is 7.75. The van der Waals surface area contributed by atoms with E-state index in [0.29, 0.717) is 23.3 Å². The van der Waals surface area contributed by atoms with Crippen molar-refractivity contribution in [2.24, 2.45) is 12.8 Å². The van der Waals surface area contributed by atoms with E-state index in [0.717, 1.165) is 35.8 Å². The first kappa shape index (κ1) is 15.9. The third kappa shape index (κ3) is 2.72. The molecule has 3 rings (SSSR count). The SMILES string of the molecule is Cn1c(=O)n(CC(=O)NCCN)c(=O)c2c3c(sc21)CCCC3. The van der Waals surface area contributed by atoms with Crippen LogP contribution in [0.1, 0.15) is 23.3 Å². The molecule has 0 fully saturated rings. The molecule has 2 heterocycles. The van der Waals surface area contributed by atoms with Gasteiger partial charge in [0, 0.05) is 25.0 Å². The normalized spacial score (nSPS) is 14.0. The predicted molar refractivity (Wildman–Crippen MR) is 90.0 cm³/mol. The van der Waals surface area contributed by atoms with Gasteiger partial charge in [0.25, 0.3) is 5.56 Å². The van der Waals surface area contributed by atoms with E-state index < -0.39 is 5.69 Å². The summed E-state index contributed by atoms with van der Waals surface area (Å²) in [6.07, 6.45) is 3.99. The fraction of sp³-hybridized carbons (Fsp3) is 0.533. The van der Waals surface area contributed by atoms with E-state index in [1.807, 2.05) is 0 Å². The van der Waals surface area contributed by atoms with Crippen molar-refractivity contribution in [3.63, 3.8) is 0 Å². The van der Waals surface area contributed by atoms with Gasteiger partial charge in [0.2, 0.25) is 5.91 Å². The number of nitrogens with two attached hydrogens (primary N) is 1. The Hall–Kier alpha value is -1.93. The van der Waals surface area contributed by atoms with Crippen LogP contribution >= 0.6 is 11.3 Å². The molecule has 1 aliphatic rings. The Morgan fingerprint density at radius 2 is 2.04 bits per heavy atom. The lowest BCUT2D eigenvalue weighted by Crippen LogP contribution is -2.43. The molecule has 0 atom stereocenters. The van der Waals surface area contributed by atoms with Crippen molar-refractivity contribution >= 4 is 27.5 Å². The number of hydrogen-bond acceptors (Lipinski definition) is 5. The van der Waals surface area contributed by atoms with Gasteiger partial charge in [0.1, 0.15) is 11.4 Å². The van der Waals surface area contributed by atoms with Crippen molar-refractivity contribution in [3.05, 3.63) is 31.3 Å². The second-order valence-corrected chi connectivity index (χ2v) is 6.85. The number of carbonyl (C=O) groups is 1. The Morgan fingerprint density at radius 1 is 1.30 bits per heavy atom. The fourth-order valence-electron chi connectivity index (χ4n) is 3.05. The number of amides is 1. The number of carbonyl (C=O) groups excluding carboxylic acids is 1. The summed E-state index contributed by atoms with van der Waals surface area (Å²) in [5.74, 6) is -0.377. The molecule has 0 saturated carbocycles. The van der Waals surface area contributed by atoms with E-state index in [4.69, 9.17) is 5.73 Å². The number of thiophene rings is 1. The minimum absolute atomic E-state index is 0.272. The van der Waals surface area contributed by atoms with Crippen LogP contribution in [0.15, 0.2) is 9.59 Å². The Balaban J connectivity index is 2.14. The van der Waals surface area contributed by atoms with Crippen LogP contribution in [0.3, 0.4) is 0 Å². The lowest BCUT2D eigenvalue weighted by molar-refractivity contribution is -0.121. The van der Waals surface area contributed by atoms with Crippen LogP contribution in [0.2, 0.25) is 0 Å². The monoisotopic (exact) mass is 336 g/mol. The molecule has 124 valence electrons. The molecule has 0 spiro atoms. The molecule has 0 bridgehead atoms. The van der Waals surface area contributed by atoms with Crippen molar-refractivity contribution in [1.82, 2.24) is 14.5 Å². The standard InChI is InChI=1S/C15H20N4O3S/c1-18-14-12(9-4-2-3-5-10(9)23-14)13(21)19(15(18)22)8-11(20)17-7-6-16/h2-8,16H2,1H3,(H,17,20). The summed E-state index contributed by atoms with van der Waals surface area (Å²) in [4.78, 5) is 39.0. The number of nitrogens with one attached hydrogen (secondary N) is 1. The number of nitrogens with zero attached hydrogens (tertiary/aromatic N) is 2. The van der Waals surface area contributed by atoms with Crippen LogP contribution in [0.4, 0.5) is 0 Å². The molecule has 0 unspecified atom stereocenters. The number of aryl methyl sites for hydroxylation is 3. The summed E-state index contributed by atoms with van der Waals surface area (Å²) in [6, 6.07) is 0. The van der Waals surface area contributed by atoms with Crippen LogP contribution < -0.4 is 22.3 Å². The van der Waals surface area contributed by atoms with Crippen molar-refractivity contribution in [3.8, 4) is 0 Å². The number of rotatable bonds is 4. The maximum absolute atomic E-state index is 12.8. The maximum atomic E-state index is 12.8. The highest BCUT2D eigenvalue weighted by molar-refractivity contribution is 7.18. The van der Waals surface area contributed by atoms with Crippen molar-refractivity contribution in [2.45, 2.75) is 32.2 Å². The average molecular weight is 336 g/mol. The van der Waals surface area contributed by atoms with Crippen LogP contribution in [-0.4, -0.2) is 28.1 Å². The minimum Gasteiger partial charge on any atom is -0.353 e. The first-order valence-corrected chi connectivity index (χ1v) is 8.57. The van der Waals surface area contributed by atoms with Crippen LogP contribution in [0, 0.1) is 0 Å². The number of aromatic nitrogens is 2. The molecule has 0 saturated heterocycles. The van der Waals surface area contributed by atoms with Gasteiger partial charge in [-0.15, -0.1) is 11.3 Å². The molecule has 0 aromatic carbocycles. The van der Waals surface area contributed by atoms with E-state index in [-0.39, 0.29) is 18.0 Å². The summed E-state index contributed by atoms with van der Waals surface area (Å²) in [6.45, 7) is 0.367. The van der Waals surface area contributed by atoms with E-state index >= 15 is 0 Å². The Morgan fingerprint density at radius 3 is 2.78 bits per heavy atom. The highest BCUT2D eigenvalue weighted by Crippen LogP contribution is 2.33. The second kappa shape index (κ2) is 6.29. The van der Waals surface area contributed by atoms with Gasteiger partial charge in [0.15, 0.2) is 0 Å². The predicted octanol–water partition coefficient (Wildman–Crippen LogP) is -0.285. The van der Waals surface area contributed by atoms with Gasteiger partial charge < -0.3 is 11.1 Å². The molecule has 2 aromatic rings. The van der Waals surface area contributed by atoms with E-state index in [1.165, 1.54) is 20.8 Å². The Bertz CT molecular complexity index is 877. The molecule has 0 aliphatic heterocycles. The molecule has 1 aliphatic carbocycles. The Labute approximate surface area is 136 Å². The zero-order chi connectivity index (χ0) is 16.6. The number of hydrogen-bond donors (Lipinski definition) is 2. The third-order valence-electron chi connectivity index (χ3n) is 4.20. The van der Waals surface area contributed by atoms with Crippen LogP contribution in [0.5, 0.6) is 0 Å². The van der Waals surface area contributed by atoms with E-state index in [1.54, 1.807) is 7.05 Å². The molecule has 8 heteroatoms. The van der Waals surface area contributed by atoms with Gasteiger partial charge in [-0.1, -0.05) is 0 Å². The highest BCUT2D eigenvalue weighted by atomic mass is 32.1.